The Kier molecular flexibility index (Phi) is 76.7. The van der Waals surface area contributed by atoms with E-state index in [0.717, 1.165) is 17.7 Å². The first-order valence-corrected chi connectivity index (χ1v) is 44.5. The van der Waals surface area contributed by atoms with Crippen molar-refractivity contribution in [2.75, 3.05) is 335 Å². The van der Waals surface area contributed by atoms with Crippen LogP contribution in [0.25, 0.3) is 0 Å². The minimum Gasteiger partial charge on any atom is -0.447 e. The zero-order valence-electron chi connectivity index (χ0n) is 77.1. The molecule has 0 fully saturated rings. The Morgan fingerprint density at radius 2 is 0.682 bits per heavy atom. The maximum absolute atomic E-state index is 14.1. The van der Waals surface area contributed by atoms with E-state index in [9.17, 15) is 43.2 Å². The van der Waals surface area contributed by atoms with Crippen molar-refractivity contribution in [3.63, 3.8) is 0 Å². The molecule has 1 aliphatic rings. The van der Waals surface area contributed by atoms with Crippen molar-refractivity contribution >= 4 is 59.3 Å². The summed E-state index contributed by atoms with van der Waals surface area (Å²) in [6, 6.07) is 2.15. The van der Waals surface area contributed by atoms with Gasteiger partial charge in [0.05, 0.1) is 310 Å². The van der Waals surface area contributed by atoms with Crippen LogP contribution in [0.3, 0.4) is 0 Å². The third kappa shape index (κ3) is 74.0. The second-order valence-electron chi connectivity index (χ2n) is 29.6. The smallest absolute Gasteiger partial charge is 0.411 e. The molecule has 9 N–H and O–H groups in total. The number of unbranched alkanes of at least 4 members (excludes halogenated alkanes) is 1. The second-order valence-corrected chi connectivity index (χ2v) is 29.6. The number of nitrogens with two attached hydrogens (primary N) is 1. The first-order valence-electron chi connectivity index (χ1n) is 44.5. The van der Waals surface area contributed by atoms with Gasteiger partial charge in [-0.25, -0.2) is 14.4 Å². The SMILES string of the molecule is [CH2]c1ccc(NC(=O)OCCOCCOCCOCCOCCOCCOCCOCCOCCOCCOCCOCCOCCOCCOCCOCCOCCOCCOCCOCCOCCOCCOCCOCCC(=O)NCCCC[C@H](NC(=O)[C@H](CNC(=O)OC(C)(C)C)N2C(=O)C=CC2=O)C(=O)N[C@H](C(=O)N[C@@H](C)CCCNC(N)=O)C(C)C)cc1. The van der Waals surface area contributed by atoms with Crippen molar-refractivity contribution < 1.29 is 162 Å². The van der Waals surface area contributed by atoms with E-state index < -0.39 is 83.9 Å². The molecule has 1 aromatic rings. The average molecular weight is 1860 g/mol. The lowest BCUT2D eigenvalue weighted by atomic mass is 10.0. The second kappa shape index (κ2) is 83.9. The van der Waals surface area contributed by atoms with Gasteiger partial charge in [-0.05, 0) is 90.3 Å². The van der Waals surface area contributed by atoms with Crippen LogP contribution in [0, 0.1) is 12.8 Å². The molecular formula is C86H152N9O34. The van der Waals surface area contributed by atoms with Crippen LogP contribution in [0.1, 0.15) is 85.6 Å². The molecule has 1 aliphatic heterocycles. The number of imide groups is 1. The summed E-state index contributed by atoms with van der Waals surface area (Å²) >= 11 is 0. The fourth-order valence-electron chi connectivity index (χ4n) is 10.7. The van der Waals surface area contributed by atoms with Crippen LogP contribution in [0.15, 0.2) is 36.4 Å². The Morgan fingerprint density at radius 3 is 1.00 bits per heavy atom. The quantitative estimate of drug-likeness (QED) is 0.0341. The van der Waals surface area contributed by atoms with Crippen molar-refractivity contribution in [1.82, 2.24) is 36.8 Å². The van der Waals surface area contributed by atoms with E-state index >= 15 is 0 Å². The predicted molar refractivity (Wildman–Crippen MR) is 468 cm³/mol. The molecule has 0 saturated carbocycles. The predicted octanol–water partition coefficient (Wildman–Crippen LogP) is 1.87. The van der Waals surface area contributed by atoms with E-state index in [1.807, 2.05) is 0 Å². The molecule has 0 aromatic heterocycles. The maximum Gasteiger partial charge on any atom is 0.411 e. The molecule has 0 saturated heterocycles. The van der Waals surface area contributed by atoms with Crippen LogP contribution >= 0.6 is 0 Å². The third-order valence-electron chi connectivity index (χ3n) is 17.2. The highest BCUT2D eigenvalue weighted by Crippen LogP contribution is 2.15. The lowest BCUT2D eigenvalue weighted by Gasteiger charge is -2.30. The van der Waals surface area contributed by atoms with Gasteiger partial charge in [0, 0.05) is 43.4 Å². The van der Waals surface area contributed by atoms with Crippen LogP contribution in [0.5, 0.6) is 0 Å². The topological polar surface area (TPSA) is 498 Å². The van der Waals surface area contributed by atoms with E-state index in [1.54, 1.807) is 65.8 Å². The average Bonchev–Trinajstić information content (AvgIpc) is 1.71. The number of carbonyl (C=O) groups is 9. The van der Waals surface area contributed by atoms with Gasteiger partial charge in [-0.3, -0.25) is 39.0 Å². The van der Waals surface area contributed by atoms with Crippen molar-refractivity contribution in [3.8, 4) is 0 Å². The summed E-state index contributed by atoms with van der Waals surface area (Å²) in [5.41, 5.74) is 5.73. The number of amides is 10. The number of nitrogens with one attached hydrogen (secondary N) is 7. The number of anilines is 1. The van der Waals surface area contributed by atoms with E-state index in [1.165, 1.54) is 0 Å². The zero-order valence-corrected chi connectivity index (χ0v) is 77.1. The molecule has 0 bridgehead atoms. The number of alkyl carbamates (subject to hydrolysis) is 1. The molecule has 1 radical (unpaired) electrons. The van der Waals surface area contributed by atoms with Crippen molar-refractivity contribution in [3.05, 3.63) is 48.9 Å². The Hall–Kier alpha value is -7.13. The molecule has 1 heterocycles. The van der Waals surface area contributed by atoms with Crippen LogP contribution in [0.4, 0.5) is 20.1 Å². The summed E-state index contributed by atoms with van der Waals surface area (Å²) in [4.78, 5) is 116. The Balaban J connectivity index is 1.27. The molecule has 0 aliphatic carbocycles. The van der Waals surface area contributed by atoms with Gasteiger partial charge >= 0.3 is 18.2 Å². The highest BCUT2D eigenvalue weighted by molar-refractivity contribution is 6.15. The maximum atomic E-state index is 14.1. The van der Waals surface area contributed by atoms with Crippen molar-refractivity contribution in [1.29, 1.82) is 0 Å². The summed E-state index contributed by atoms with van der Waals surface area (Å²) in [5.74, 6) is -4.46. The standard InChI is InChI=1S/C86H152N9O34/c1-70(2)79(82(101)91-72(4)11-10-21-89-83(87)102)94-80(99)74(93-81(100)75(95-77(97)17-18-78(95)98)69-90-84(103)129-86(5,6)7)12-8-9-20-88-76(96)19-22-105-23-24-106-25-26-107-27-28-108-29-30-109-31-32-110-33-34-111-35-36-112-37-38-113-39-40-114-41-42-115-43-44-116-45-46-117-47-48-118-49-50-119-51-52-120-53-54-121-55-56-122-57-58-123-59-60-124-61-62-125-63-64-126-65-66-127-67-68-128-85(104)92-73-15-13-71(3)14-16-73/h13-18,70,72,74-75,79H,3,8-12,19-69H2,1-2,4-7H3,(H,88,96)(H,90,103)(H,91,101)(H,92,104)(H,93,100)(H,94,99)(H3,87,89,102)/t72-,74-,75-,79-/m0/s1. The van der Waals surface area contributed by atoms with Crippen LogP contribution in [0.2, 0.25) is 0 Å². The number of hydrogen-bond donors (Lipinski definition) is 8. The number of carbonyl (C=O) groups excluding carboxylic acids is 9. The Morgan fingerprint density at radius 1 is 0.364 bits per heavy atom. The summed E-state index contributed by atoms with van der Waals surface area (Å²) in [7, 11) is 0. The van der Waals surface area contributed by atoms with Crippen LogP contribution in [-0.2, 0) is 147 Å². The normalized spacial score (nSPS) is 13.1. The number of ether oxygens (including phenoxy) is 25. The van der Waals surface area contributed by atoms with Gasteiger partial charge in [-0.15, -0.1) is 0 Å². The first-order chi connectivity index (χ1) is 62.7. The van der Waals surface area contributed by atoms with E-state index in [2.05, 4.69) is 44.1 Å². The lowest BCUT2D eigenvalue weighted by Crippen LogP contribution is -2.60. The van der Waals surface area contributed by atoms with E-state index in [4.69, 9.17) is 124 Å². The number of urea groups is 1. The molecule has 129 heavy (non-hydrogen) atoms. The molecule has 4 atom stereocenters. The van der Waals surface area contributed by atoms with Crippen LogP contribution < -0.4 is 43.0 Å². The molecule has 43 heteroatoms. The zero-order chi connectivity index (χ0) is 93.8. The number of hydrogen-bond acceptors (Lipinski definition) is 34. The first kappa shape index (κ1) is 118. The minimum atomic E-state index is -1.59. The highest BCUT2D eigenvalue weighted by Gasteiger charge is 2.39. The summed E-state index contributed by atoms with van der Waals surface area (Å²) < 4.78 is 138. The third-order valence-corrected chi connectivity index (χ3v) is 17.2. The molecular weight excluding hydrogens is 1700 g/mol. The molecule has 745 valence electrons. The largest absolute Gasteiger partial charge is 0.447 e. The van der Waals surface area contributed by atoms with Gasteiger partial charge in [-0.2, -0.15) is 0 Å². The van der Waals surface area contributed by atoms with Gasteiger partial charge in [0.2, 0.25) is 23.6 Å². The van der Waals surface area contributed by atoms with Gasteiger partial charge in [0.25, 0.3) is 11.8 Å². The molecule has 1 aromatic carbocycles. The highest BCUT2D eigenvalue weighted by atomic mass is 16.6. The van der Waals surface area contributed by atoms with Crippen LogP contribution in [-0.4, -0.2) is 418 Å². The molecule has 10 amide bonds. The molecule has 0 spiro atoms. The fourth-order valence-corrected chi connectivity index (χ4v) is 10.7. The van der Waals surface area contributed by atoms with Crippen molar-refractivity contribution in [2.24, 2.45) is 11.7 Å². The summed E-state index contributed by atoms with van der Waals surface area (Å²) in [6.45, 7) is 33.4. The number of benzene rings is 1. The minimum absolute atomic E-state index is 0.0118. The molecule has 0 unspecified atom stereocenters. The van der Waals surface area contributed by atoms with Gasteiger partial charge in [0.1, 0.15) is 30.3 Å². The van der Waals surface area contributed by atoms with E-state index in [0.29, 0.717) is 327 Å². The van der Waals surface area contributed by atoms with Gasteiger partial charge in [0.15, 0.2) is 0 Å². The Bertz CT molecular complexity index is 2970. The molecule has 2 rings (SSSR count). The monoisotopic (exact) mass is 1860 g/mol. The summed E-state index contributed by atoms with van der Waals surface area (Å²) in [6.07, 6.45) is 2.27. The number of primary amides is 1. The van der Waals surface area contributed by atoms with Gasteiger partial charge < -0.3 is 156 Å². The van der Waals surface area contributed by atoms with Gasteiger partial charge in [-0.1, -0.05) is 26.0 Å². The fraction of sp³-hybridized carbons (Fsp3) is 0.791. The van der Waals surface area contributed by atoms with Crippen molar-refractivity contribution in [2.45, 2.75) is 110 Å². The number of rotatable bonds is 92. The summed E-state index contributed by atoms with van der Waals surface area (Å²) in [5, 5.41) is 18.6. The Labute approximate surface area is 760 Å². The van der Waals surface area contributed by atoms with E-state index in [-0.39, 0.29) is 57.8 Å². The molecule has 43 nitrogen and oxygen atoms in total. The lowest BCUT2D eigenvalue weighted by molar-refractivity contribution is -0.146. The number of nitrogens with zero attached hydrogens (tertiary/aromatic N) is 1.